The van der Waals surface area contributed by atoms with Crippen LogP contribution in [-0.2, 0) is 9.59 Å². The molecule has 0 aromatic rings. The maximum Gasteiger partial charge on any atom is 0.227 e. The summed E-state index contributed by atoms with van der Waals surface area (Å²) in [5, 5.41) is 27.2. The Morgan fingerprint density at radius 3 is 1.47 bits per heavy atom. The van der Waals surface area contributed by atoms with Crippen molar-refractivity contribution in [2.75, 3.05) is 19.8 Å². The summed E-state index contributed by atoms with van der Waals surface area (Å²) in [6, 6.07) is 0. The SMILES string of the molecule is NC(CO)(CO)CO.O=C1CCC(=O)N1. The van der Waals surface area contributed by atoms with Gasteiger partial charge in [0.05, 0.1) is 25.4 Å². The molecule has 6 N–H and O–H groups in total. The fraction of sp³-hybridized carbons (Fsp3) is 0.750. The fourth-order valence-corrected chi connectivity index (χ4v) is 0.658. The van der Waals surface area contributed by atoms with E-state index >= 15 is 0 Å². The molecule has 7 heteroatoms. The van der Waals surface area contributed by atoms with E-state index in [0.717, 1.165) is 0 Å². The first-order valence-corrected chi connectivity index (χ1v) is 4.41. The van der Waals surface area contributed by atoms with Crippen molar-refractivity contribution in [3.05, 3.63) is 0 Å². The average molecular weight is 220 g/mol. The van der Waals surface area contributed by atoms with Crippen LogP contribution in [0.5, 0.6) is 0 Å². The van der Waals surface area contributed by atoms with Crippen LogP contribution in [0.1, 0.15) is 12.8 Å². The number of amides is 2. The molecule has 1 saturated heterocycles. The third-order valence-corrected chi connectivity index (χ3v) is 1.80. The molecule has 0 bridgehead atoms. The van der Waals surface area contributed by atoms with Gasteiger partial charge < -0.3 is 21.1 Å². The van der Waals surface area contributed by atoms with Crippen LogP contribution in [-0.4, -0.2) is 52.5 Å². The van der Waals surface area contributed by atoms with Crippen LogP contribution in [0.3, 0.4) is 0 Å². The molecule has 0 radical (unpaired) electrons. The lowest BCUT2D eigenvalue weighted by molar-refractivity contribution is -0.124. The van der Waals surface area contributed by atoms with Gasteiger partial charge in [0.2, 0.25) is 11.8 Å². The number of imide groups is 1. The number of aliphatic hydroxyl groups is 3. The van der Waals surface area contributed by atoms with E-state index in [4.69, 9.17) is 21.1 Å². The van der Waals surface area contributed by atoms with Gasteiger partial charge in [0, 0.05) is 12.8 Å². The summed E-state index contributed by atoms with van der Waals surface area (Å²) >= 11 is 0. The van der Waals surface area contributed by atoms with Crippen LogP contribution in [0, 0.1) is 0 Å². The van der Waals surface area contributed by atoms with Gasteiger partial charge in [-0.25, -0.2) is 0 Å². The second-order valence-corrected chi connectivity index (χ2v) is 3.31. The molecule has 88 valence electrons. The van der Waals surface area contributed by atoms with Crippen molar-refractivity contribution >= 4 is 11.8 Å². The molecule has 1 aliphatic rings. The Morgan fingerprint density at radius 2 is 1.40 bits per heavy atom. The standard InChI is InChI=1S/C4H11NO3.C4H5NO2/c5-4(1-6,2-7)3-8;6-3-1-2-4(7)5-3/h6-8H,1-3,5H2;1-2H2,(H,5,6,7). The Labute approximate surface area is 86.9 Å². The van der Waals surface area contributed by atoms with Gasteiger partial charge in [-0.3, -0.25) is 14.9 Å². The van der Waals surface area contributed by atoms with E-state index in [1.54, 1.807) is 0 Å². The van der Waals surface area contributed by atoms with E-state index in [1.807, 2.05) is 0 Å². The van der Waals surface area contributed by atoms with Crippen LogP contribution in [0.25, 0.3) is 0 Å². The second-order valence-electron chi connectivity index (χ2n) is 3.31. The zero-order valence-electron chi connectivity index (χ0n) is 8.27. The van der Waals surface area contributed by atoms with Gasteiger partial charge in [0.25, 0.3) is 0 Å². The summed E-state index contributed by atoms with van der Waals surface area (Å²) in [6.07, 6.45) is 0.748. The minimum Gasteiger partial charge on any atom is -0.394 e. The maximum absolute atomic E-state index is 10.1. The molecule has 0 aromatic heterocycles. The van der Waals surface area contributed by atoms with Gasteiger partial charge in [0.1, 0.15) is 0 Å². The summed E-state index contributed by atoms with van der Waals surface area (Å²) in [5.41, 5.74) is 3.94. The number of rotatable bonds is 3. The highest BCUT2D eigenvalue weighted by molar-refractivity contribution is 6.01. The number of aliphatic hydroxyl groups excluding tert-OH is 3. The molecule has 1 aliphatic heterocycles. The van der Waals surface area contributed by atoms with Gasteiger partial charge in [-0.1, -0.05) is 0 Å². The van der Waals surface area contributed by atoms with E-state index in [1.165, 1.54) is 0 Å². The molecular weight excluding hydrogens is 204 g/mol. The molecule has 1 heterocycles. The van der Waals surface area contributed by atoms with Gasteiger partial charge in [0.15, 0.2) is 0 Å². The van der Waals surface area contributed by atoms with Crippen molar-refractivity contribution < 1.29 is 24.9 Å². The third-order valence-electron chi connectivity index (χ3n) is 1.80. The van der Waals surface area contributed by atoms with E-state index in [9.17, 15) is 9.59 Å². The molecule has 1 fully saturated rings. The van der Waals surface area contributed by atoms with Crippen LogP contribution in [0.15, 0.2) is 0 Å². The number of nitrogens with two attached hydrogens (primary N) is 1. The zero-order chi connectivity index (χ0) is 11.9. The molecule has 2 amide bonds. The Kier molecular flexibility index (Phi) is 6.02. The Balaban J connectivity index is 0.000000262. The zero-order valence-corrected chi connectivity index (χ0v) is 8.27. The van der Waals surface area contributed by atoms with Crippen LogP contribution in [0.4, 0.5) is 0 Å². The largest absolute Gasteiger partial charge is 0.394 e. The highest BCUT2D eigenvalue weighted by atomic mass is 16.3. The normalized spacial score (nSPS) is 15.7. The van der Waals surface area contributed by atoms with E-state index in [-0.39, 0.29) is 11.8 Å². The van der Waals surface area contributed by atoms with Crippen molar-refractivity contribution in [2.24, 2.45) is 5.73 Å². The van der Waals surface area contributed by atoms with Crippen molar-refractivity contribution in [3.63, 3.8) is 0 Å². The second kappa shape index (κ2) is 6.46. The van der Waals surface area contributed by atoms with E-state index in [0.29, 0.717) is 12.8 Å². The van der Waals surface area contributed by atoms with Crippen LogP contribution in [0.2, 0.25) is 0 Å². The smallest absolute Gasteiger partial charge is 0.227 e. The fourth-order valence-electron chi connectivity index (χ4n) is 0.658. The summed E-state index contributed by atoms with van der Waals surface area (Å²) < 4.78 is 0. The molecular formula is C8H16N2O5. The Morgan fingerprint density at radius 1 is 1.07 bits per heavy atom. The molecule has 0 atom stereocenters. The molecule has 0 saturated carbocycles. The molecule has 0 aliphatic carbocycles. The monoisotopic (exact) mass is 220 g/mol. The first kappa shape index (κ1) is 14.0. The Hall–Kier alpha value is -1.02. The first-order valence-electron chi connectivity index (χ1n) is 4.41. The molecule has 0 aromatic carbocycles. The van der Waals surface area contributed by atoms with Crippen molar-refractivity contribution in [2.45, 2.75) is 18.4 Å². The number of hydrogen-bond donors (Lipinski definition) is 5. The number of nitrogens with one attached hydrogen (secondary N) is 1. The minimum absolute atomic E-state index is 0.148. The summed E-state index contributed by atoms with van der Waals surface area (Å²) in [6.45, 7) is -1.21. The predicted molar refractivity (Wildman–Crippen MR) is 50.6 cm³/mol. The molecule has 0 spiro atoms. The quantitative estimate of drug-likeness (QED) is 0.324. The minimum atomic E-state index is -1.21. The number of carbonyl (C=O) groups is 2. The molecule has 1 rings (SSSR count). The summed E-state index contributed by atoms with van der Waals surface area (Å²) in [4.78, 5) is 20.2. The lowest BCUT2D eigenvalue weighted by Crippen LogP contribution is -2.50. The predicted octanol–water partition coefficient (Wildman–Crippen LogP) is -2.92. The highest BCUT2D eigenvalue weighted by Crippen LogP contribution is 1.96. The van der Waals surface area contributed by atoms with E-state index in [2.05, 4.69) is 5.32 Å². The number of carbonyl (C=O) groups excluding carboxylic acids is 2. The van der Waals surface area contributed by atoms with Gasteiger partial charge in [-0.2, -0.15) is 0 Å². The van der Waals surface area contributed by atoms with Gasteiger partial charge in [-0.05, 0) is 0 Å². The summed E-state index contributed by atoms with van der Waals surface area (Å²) in [7, 11) is 0. The maximum atomic E-state index is 10.1. The molecule has 0 unspecified atom stereocenters. The molecule has 15 heavy (non-hydrogen) atoms. The Bertz CT molecular complexity index is 205. The topological polar surface area (TPSA) is 133 Å². The van der Waals surface area contributed by atoms with E-state index < -0.39 is 25.4 Å². The number of hydrogen-bond acceptors (Lipinski definition) is 6. The van der Waals surface area contributed by atoms with Crippen LogP contribution < -0.4 is 11.1 Å². The van der Waals surface area contributed by atoms with Crippen molar-refractivity contribution in [1.82, 2.24) is 5.32 Å². The first-order chi connectivity index (χ1) is 6.97. The van der Waals surface area contributed by atoms with Crippen molar-refractivity contribution in [3.8, 4) is 0 Å². The molecule has 7 nitrogen and oxygen atoms in total. The lowest BCUT2D eigenvalue weighted by atomic mass is 10.1. The van der Waals surface area contributed by atoms with Gasteiger partial charge in [-0.15, -0.1) is 0 Å². The summed E-state index contributed by atoms with van der Waals surface area (Å²) in [5.74, 6) is -0.296. The van der Waals surface area contributed by atoms with Crippen molar-refractivity contribution in [1.29, 1.82) is 0 Å². The van der Waals surface area contributed by atoms with Crippen LogP contribution >= 0.6 is 0 Å². The lowest BCUT2D eigenvalue weighted by Gasteiger charge is -2.20. The third kappa shape index (κ3) is 5.43. The van der Waals surface area contributed by atoms with Gasteiger partial charge >= 0.3 is 0 Å². The highest BCUT2D eigenvalue weighted by Gasteiger charge is 2.20. The average Bonchev–Trinajstić information content (AvgIpc) is 2.62.